The molecule has 7 nitrogen and oxygen atoms in total. The highest BCUT2D eigenvalue weighted by Crippen LogP contribution is 2.39. The van der Waals surface area contributed by atoms with Crippen LogP contribution in [0.15, 0.2) is 84.9 Å². The summed E-state index contributed by atoms with van der Waals surface area (Å²) in [6, 6.07) is 26.5. The number of carbonyl (C=O) groups excluding carboxylic acids is 1. The summed E-state index contributed by atoms with van der Waals surface area (Å²) in [5.41, 5.74) is 8.23. The van der Waals surface area contributed by atoms with Crippen molar-refractivity contribution in [2.75, 3.05) is 45.1 Å². The van der Waals surface area contributed by atoms with Crippen LogP contribution in [0.5, 0.6) is 11.5 Å². The normalized spacial score (nSPS) is 14.1. The van der Waals surface area contributed by atoms with Crippen molar-refractivity contribution in [1.29, 1.82) is 0 Å². The number of fused-ring (bicyclic) bond motifs is 1. The summed E-state index contributed by atoms with van der Waals surface area (Å²) in [4.78, 5) is 18.0. The molecule has 47 heavy (non-hydrogen) atoms. The monoisotopic (exact) mass is 630 g/mol. The fraction of sp³-hybridized carbons (Fsp3) is 0.325. The number of amides is 1. The second-order valence-corrected chi connectivity index (χ2v) is 13.0. The molecule has 0 radical (unpaired) electrons. The van der Waals surface area contributed by atoms with Gasteiger partial charge in [0.15, 0.2) is 0 Å². The van der Waals surface area contributed by atoms with Crippen LogP contribution in [-0.4, -0.2) is 70.3 Å². The van der Waals surface area contributed by atoms with Crippen LogP contribution in [0, 0.1) is 13.8 Å². The summed E-state index contributed by atoms with van der Waals surface area (Å²) in [7, 11) is 2.21. The van der Waals surface area contributed by atoms with E-state index in [9.17, 15) is 15.0 Å². The van der Waals surface area contributed by atoms with Gasteiger partial charge in [-0.05, 0) is 93.2 Å². The van der Waals surface area contributed by atoms with E-state index in [0.29, 0.717) is 22.4 Å². The number of carbonyl (C=O) groups is 1. The first-order valence-corrected chi connectivity index (χ1v) is 16.8. The number of phenolic OH excluding ortho intramolecular Hbond substituents is 2. The largest absolute Gasteiger partial charge is 0.507 e. The molecule has 6 rings (SSSR count). The smallest absolute Gasteiger partial charge is 0.255 e. The van der Waals surface area contributed by atoms with Gasteiger partial charge >= 0.3 is 0 Å². The van der Waals surface area contributed by atoms with Gasteiger partial charge in [0, 0.05) is 72.7 Å². The number of benzene rings is 4. The Morgan fingerprint density at radius 1 is 0.766 bits per heavy atom. The molecule has 3 N–H and O–H groups in total. The van der Waals surface area contributed by atoms with Gasteiger partial charge in [-0.15, -0.1) is 0 Å². The second kappa shape index (κ2) is 14.4. The number of unbranched alkanes of at least 4 members (excludes halogenated alkanes) is 2. The summed E-state index contributed by atoms with van der Waals surface area (Å²) >= 11 is 0. The van der Waals surface area contributed by atoms with Crippen LogP contribution in [0.1, 0.15) is 52.0 Å². The van der Waals surface area contributed by atoms with E-state index >= 15 is 0 Å². The van der Waals surface area contributed by atoms with E-state index in [0.717, 1.165) is 18.5 Å². The van der Waals surface area contributed by atoms with Crippen LogP contribution in [0.3, 0.4) is 0 Å². The standard InChI is InChI=1S/C40H46N4O3/c1-28-29(2)44(19-9-5-8-18-43-22-20-42(3)21-23-43)36-17-14-31(25-35(28)36)24-30-12-15-33(16-13-30)40(47)41-34-26-37(45)39(38(46)27-34)32-10-6-4-7-11-32/h4,6-7,10-17,25-27,45-46H,5,8-9,18-24H2,1-3H3,(H,41,47). The third-order valence-corrected chi connectivity index (χ3v) is 9.70. The number of phenols is 2. The van der Waals surface area contributed by atoms with Crippen molar-refractivity contribution in [2.24, 2.45) is 0 Å². The lowest BCUT2D eigenvalue weighted by molar-refractivity contribution is 0.102. The van der Waals surface area contributed by atoms with Crippen molar-refractivity contribution >= 4 is 22.5 Å². The number of aromatic nitrogens is 1. The van der Waals surface area contributed by atoms with Crippen LogP contribution in [0.2, 0.25) is 0 Å². The Hall–Kier alpha value is -4.59. The van der Waals surface area contributed by atoms with Crippen LogP contribution in [-0.2, 0) is 13.0 Å². The van der Waals surface area contributed by atoms with Gasteiger partial charge in [-0.2, -0.15) is 0 Å². The highest BCUT2D eigenvalue weighted by molar-refractivity contribution is 6.04. The molecular formula is C40H46N4O3. The highest BCUT2D eigenvalue weighted by atomic mass is 16.3. The summed E-state index contributed by atoms with van der Waals surface area (Å²) in [5, 5.41) is 25.3. The van der Waals surface area contributed by atoms with Crippen LogP contribution < -0.4 is 5.32 Å². The van der Waals surface area contributed by atoms with E-state index in [2.05, 4.69) is 58.8 Å². The molecule has 2 heterocycles. The van der Waals surface area contributed by atoms with Crippen molar-refractivity contribution in [3.05, 3.63) is 113 Å². The number of nitrogens with one attached hydrogen (secondary N) is 1. The Balaban J connectivity index is 1.05. The fourth-order valence-corrected chi connectivity index (χ4v) is 6.75. The molecule has 244 valence electrons. The number of aromatic hydroxyl groups is 2. The van der Waals surface area contributed by atoms with Crippen LogP contribution in [0.4, 0.5) is 5.69 Å². The van der Waals surface area contributed by atoms with Crippen molar-refractivity contribution in [3.63, 3.8) is 0 Å². The number of anilines is 1. The number of rotatable bonds is 11. The first kappa shape index (κ1) is 32.4. The summed E-state index contributed by atoms with van der Waals surface area (Å²) in [6.07, 6.45) is 4.49. The molecule has 0 spiro atoms. The van der Waals surface area contributed by atoms with Gasteiger partial charge in [0.2, 0.25) is 0 Å². The fourth-order valence-electron chi connectivity index (χ4n) is 6.75. The van der Waals surface area contributed by atoms with Gasteiger partial charge in [-0.3, -0.25) is 4.79 Å². The molecule has 5 aromatic rings. The Kier molecular flexibility index (Phi) is 9.95. The van der Waals surface area contributed by atoms with Crippen LogP contribution >= 0.6 is 0 Å². The van der Waals surface area contributed by atoms with E-state index < -0.39 is 0 Å². The lowest BCUT2D eigenvalue weighted by atomic mass is 10.0. The molecule has 1 saturated heterocycles. The van der Waals surface area contributed by atoms with Crippen molar-refractivity contribution < 1.29 is 15.0 Å². The van der Waals surface area contributed by atoms with E-state index in [4.69, 9.17) is 0 Å². The lowest BCUT2D eigenvalue weighted by Crippen LogP contribution is -2.44. The molecule has 0 bridgehead atoms. The van der Waals surface area contributed by atoms with Crippen molar-refractivity contribution in [3.8, 4) is 22.6 Å². The van der Waals surface area contributed by atoms with Gasteiger partial charge < -0.3 is 29.9 Å². The van der Waals surface area contributed by atoms with Gasteiger partial charge in [0.05, 0.1) is 5.56 Å². The number of hydrogen-bond donors (Lipinski definition) is 3. The molecule has 0 unspecified atom stereocenters. The first-order chi connectivity index (χ1) is 22.8. The molecule has 1 fully saturated rings. The Morgan fingerprint density at radius 2 is 1.43 bits per heavy atom. The lowest BCUT2D eigenvalue weighted by Gasteiger charge is -2.32. The van der Waals surface area contributed by atoms with Crippen molar-refractivity contribution in [1.82, 2.24) is 14.4 Å². The molecule has 0 saturated carbocycles. The summed E-state index contributed by atoms with van der Waals surface area (Å²) < 4.78 is 2.49. The molecule has 1 aromatic heterocycles. The van der Waals surface area contributed by atoms with Crippen molar-refractivity contribution in [2.45, 2.75) is 46.1 Å². The zero-order chi connectivity index (χ0) is 32.9. The second-order valence-electron chi connectivity index (χ2n) is 13.0. The predicted octanol–water partition coefficient (Wildman–Crippen LogP) is 7.60. The van der Waals surface area contributed by atoms with E-state index in [1.165, 1.54) is 91.8 Å². The minimum absolute atomic E-state index is 0.101. The summed E-state index contributed by atoms with van der Waals surface area (Å²) in [6.45, 7) is 11.5. The minimum atomic E-state index is -0.309. The van der Waals surface area contributed by atoms with E-state index in [-0.39, 0.29) is 17.4 Å². The van der Waals surface area contributed by atoms with Crippen LogP contribution in [0.25, 0.3) is 22.0 Å². The molecule has 1 aliphatic rings. The maximum Gasteiger partial charge on any atom is 0.255 e. The van der Waals surface area contributed by atoms with E-state index in [1.807, 2.05) is 54.6 Å². The molecule has 1 amide bonds. The number of likely N-dealkylation sites (N-methyl/N-ethyl adjacent to an activating group) is 1. The van der Waals surface area contributed by atoms with Gasteiger partial charge in [-0.1, -0.05) is 55.0 Å². The zero-order valence-electron chi connectivity index (χ0n) is 27.8. The average Bonchev–Trinajstić information content (AvgIpc) is 3.30. The number of aryl methyl sites for hydroxylation is 2. The minimum Gasteiger partial charge on any atom is -0.507 e. The third-order valence-electron chi connectivity index (χ3n) is 9.70. The first-order valence-electron chi connectivity index (χ1n) is 16.8. The molecule has 4 aromatic carbocycles. The Labute approximate surface area is 278 Å². The Bertz CT molecular complexity index is 1810. The molecule has 7 heteroatoms. The van der Waals surface area contributed by atoms with Gasteiger partial charge in [0.25, 0.3) is 5.91 Å². The summed E-state index contributed by atoms with van der Waals surface area (Å²) in [5.74, 6) is -0.511. The predicted molar refractivity (Wildman–Crippen MR) is 192 cm³/mol. The highest BCUT2D eigenvalue weighted by Gasteiger charge is 2.16. The Morgan fingerprint density at radius 3 is 2.13 bits per heavy atom. The number of nitrogens with zero attached hydrogens (tertiary/aromatic N) is 3. The third kappa shape index (κ3) is 7.53. The molecule has 1 aliphatic heterocycles. The maximum atomic E-state index is 13.0. The SMILES string of the molecule is Cc1c(C)n(CCCCCN2CCN(C)CC2)c2ccc(Cc3ccc(C(=O)Nc4cc(O)c(-c5ccccc5)c(O)c4)cc3)cc12. The number of piperazine rings is 1. The molecule has 0 atom stereocenters. The molecule has 0 aliphatic carbocycles. The number of hydrogen-bond acceptors (Lipinski definition) is 5. The van der Waals surface area contributed by atoms with E-state index in [1.54, 1.807) is 0 Å². The van der Waals surface area contributed by atoms with Gasteiger partial charge in [0.1, 0.15) is 11.5 Å². The quantitative estimate of drug-likeness (QED) is 0.131. The maximum absolute atomic E-state index is 13.0. The van der Waals surface area contributed by atoms with Gasteiger partial charge in [-0.25, -0.2) is 0 Å². The average molecular weight is 631 g/mol. The molecular weight excluding hydrogens is 584 g/mol. The topological polar surface area (TPSA) is 81.0 Å². The zero-order valence-corrected chi connectivity index (χ0v) is 27.8.